The maximum atomic E-state index is 10.4. The molecule has 2 aromatic rings. The zero-order chi connectivity index (χ0) is 19.1. The van der Waals surface area contributed by atoms with Crippen molar-refractivity contribution in [2.24, 2.45) is 0 Å². The summed E-state index contributed by atoms with van der Waals surface area (Å²) in [5.74, 6) is 2.56. The highest BCUT2D eigenvalue weighted by atomic mass is 16.5. The molecule has 8 heteroatoms. The summed E-state index contributed by atoms with van der Waals surface area (Å²) in [4.78, 5) is 14.9. The summed E-state index contributed by atoms with van der Waals surface area (Å²) in [6, 6.07) is 7.63. The molecule has 27 heavy (non-hydrogen) atoms. The number of aromatic nitrogens is 3. The van der Waals surface area contributed by atoms with Crippen LogP contribution in [-0.4, -0.2) is 39.0 Å². The lowest BCUT2D eigenvalue weighted by molar-refractivity contribution is 0.187. The predicted octanol–water partition coefficient (Wildman–Crippen LogP) is 4.02. The van der Waals surface area contributed by atoms with Gasteiger partial charge < -0.3 is 20.5 Å². The van der Waals surface area contributed by atoms with Crippen molar-refractivity contribution in [3.63, 3.8) is 0 Å². The number of amides is 1. The summed E-state index contributed by atoms with van der Waals surface area (Å²) in [6.45, 7) is 2.37. The molecule has 4 N–H and O–H groups in total. The minimum absolute atomic E-state index is 0.0531. The zero-order valence-electron chi connectivity index (χ0n) is 15.6. The molecule has 0 aliphatic heterocycles. The summed E-state index contributed by atoms with van der Waals surface area (Å²) < 4.78 is 5.83. The number of carbonyl (C=O) groups is 1. The Morgan fingerprint density at radius 3 is 2.96 bits per heavy atom. The molecular weight excluding hydrogens is 346 g/mol. The van der Waals surface area contributed by atoms with Crippen LogP contribution in [0, 0.1) is 0 Å². The monoisotopic (exact) mass is 373 g/mol. The van der Waals surface area contributed by atoms with Gasteiger partial charge in [0.1, 0.15) is 5.82 Å². The first-order chi connectivity index (χ1) is 13.1. The van der Waals surface area contributed by atoms with E-state index in [1.807, 2.05) is 25.1 Å². The summed E-state index contributed by atoms with van der Waals surface area (Å²) in [5, 5.41) is 21.6. The van der Waals surface area contributed by atoms with Gasteiger partial charge in [0.15, 0.2) is 5.82 Å². The van der Waals surface area contributed by atoms with Gasteiger partial charge in [-0.3, -0.25) is 5.10 Å². The van der Waals surface area contributed by atoms with Crippen molar-refractivity contribution in [1.82, 2.24) is 20.5 Å². The number of hydrogen-bond acceptors (Lipinski definition) is 5. The highest BCUT2D eigenvalue weighted by Gasteiger charge is 2.19. The fourth-order valence-electron chi connectivity index (χ4n) is 3.38. The van der Waals surface area contributed by atoms with E-state index in [0.29, 0.717) is 30.6 Å². The van der Waals surface area contributed by atoms with Crippen LogP contribution in [0.15, 0.2) is 24.3 Å². The van der Waals surface area contributed by atoms with Crippen molar-refractivity contribution >= 4 is 17.7 Å². The SMILES string of the molecule is C[C@H](CCCNC(=O)O)Oc1cccc(Nc2cc(C3CCCC3)[nH]n2)n1. The minimum Gasteiger partial charge on any atom is -0.475 e. The standard InChI is InChI=1S/C19H27N5O3/c1-13(6-5-11-20-19(25)26)27-18-10-4-9-16(22-18)21-17-12-15(23-24-17)14-7-2-3-8-14/h4,9-10,12-14,20H,2-3,5-8,11H2,1H3,(H,25,26)(H2,21,22,23,24)/t13-/m1/s1. The summed E-state index contributed by atoms with van der Waals surface area (Å²) in [6.07, 6.45) is 5.43. The van der Waals surface area contributed by atoms with E-state index in [0.717, 1.165) is 12.2 Å². The maximum Gasteiger partial charge on any atom is 0.404 e. The molecule has 1 aliphatic rings. The maximum absolute atomic E-state index is 10.4. The molecule has 1 saturated carbocycles. The second-order valence-corrected chi connectivity index (χ2v) is 6.98. The molecule has 1 fully saturated rings. The molecule has 8 nitrogen and oxygen atoms in total. The Balaban J connectivity index is 1.50. The van der Waals surface area contributed by atoms with Gasteiger partial charge in [0, 0.05) is 30.3 Å². The number of H-pyrrole nitrogens is 1. The highest BCUT2D eigenvalue weighted by Crippen LogP contribution is 2.34. The van der Waals surface area contributed by atoms with Gasteiger partial charge in [-0.05, 0) is 38.7 Å². The Labute approximate surface area is 158 Å². The molecule has 1 aliphatic carbocycles. The van der Waals surface area contributed by atoms with Gasteiger partial charge in [0.05, 0.1) is 6.10 Å². The van der Waals surface area contributed by atoms with Gasteiger partial charge in [0.25, 0.3) is 0 Å². The Morgan fingerprint density at radius 2 is 2.19 bits per heavy atom. The quantitative estimate of drug-likeness (QED) is 0.494. The zero-order valence-corrected chi connectivity index (χ0v) is 15.6. The molecule has 146 valence electrons. The van der Waals surface area contributed by atoms with E-state index in [4.69, 9.17) is 9.84 Å². The van der Waals surface area contributed by atoms with E-state index in [9.17, 15) is 4.79 Å². The van der Waals surface area contributed by atoms with Crippen LogP contribution in [0.3, 0.4) is 0 Å². The fraction of sp³-hybridized carbons (Fsp3) is 0.526. The third kappa shape index (κ3) is 5.87. The molecule has 2 aromatic heterocycles. The Morgan fingerprint density at radius 1 is 1.37 bits per heavy atom. The summed E-state index contributed by atoms with van der Waals surface area (Å²) in [5.41, 5.74) is 1.19. The van der Waals surface area contributed by atoms with Crippen molar-refractivity contribution in [2.75, 3.05) is 11.9 Å². The summed E-state index contributed by atoms with van der Waals surface area (Å²) >= 11 is 0. The lowest BCUT2D eigenvalue weighted by Gasteiger charge is -2.14. The van der Waals surface area contributed by atoms with E-state index in [1.54, 1.807) is 0 Å². The van der Waals surface area contributed by atoms with Crippen molar-refractivity contribution in [1.29, 1.82) is 0 Å². The summed E-state index contributed by atoms with van der Waals surface area (Å²) in [7, 11) is 0. The molecule has 0 aromatic carbocycles. The first-order valence-corrected chi connectivity index (χ1v) is 9.53. The molecular formula is C19H27N5O3. The number of carboxylic acid groups (broad SMARTS) is 1. The Bertz CT molecular complexity index is 742. The van der Waals surface area contributed by atoms with E-state index in [2.05, 4.69) is 31.9 Å². The van der Waals surface area contributed by atoms with Gasteiger partial charge >= 0.3 is 6.09 Å². The number of ether oxygens (including phenoxy) is 1. The van der Waals surface area contributed by atoms with Crippen LogP contribution in [0.4, 0.5) is 16.4 Å². The lowest BCUT2D eigenvalue weighted by atomic mass is 10.0. The van der Waals surface area contributed by atoms with Crippen LogP contribution < -0.4 is 15.4 Å². The van der Waals surface area contributed by atoms with Crippen molar-refractivity contribution in [3.8, 4) is 5.88 Å². The Hall–Kier alpha value is -2.77. The van der Waals surface area contributed by atoms with Crippen LogP contribution in [0.5, 0.6) is 5.88 Å². The molecule has 1 atom stereocenters. The largest absolute Gasteiger partial charge is 0.475 e. The number of aromatic amines is 1. The number of pyridine rings is 1. The number of nitrogens with zero attached hydrogens (tertiary/aromatic N) is 2. The van der Waals surface area contributed by atoms with Crippen molar-refractivity contribution < 1.29 is 14.6 Å². The second-order valence-electron chi connectivity index (χ2n) is 6.98. The Kier molecular flexibility index (Phi) is 6.51. The third-order valence-electron chi connectivity index (χ3n) is 4.76. The van der Waals surface area contributed by atoms with Crippen LogP contribution >= 0.6 is 0 Å². The van der Waals surface area contributed by atoms with Gasteiger partial charge in [-0.25, -0.2) is 4.79 Å². The van der Waals surface area contributed by atoms with E-state index >= 15 is 0 Å². The normalized spacial score (nSPS) is 15.4. The molecule has 0 bridgehead atoms. The number of nitrogens with one attached hydrogen (secondary N) is 3. The minimum atomic E-state index is -1.00. The second kappa shape index (κ2) is 9.25. The van der Waals surface area contributed by atoms with E-state index in [-0.39, 0.29) is 6.10 Å². The molecule has 0 spiro atoms. The van der Waals surface area contributed by atoms with Gasteiger partial charge in [-0.1, -0.05) is 18.9 Å². The van der Waals surface area contributed by atoms with Gasteiger partial charge in [-0.15, -0.1) is 0 Å². The number of anilines is 2. The highest BCUT2D eigenvalue weighted by molar-refractivity contribution is 5.64. The molecule has 0 unspecified atom stereocenters. The van der Waals surface area contributed by atoms with E-state index < -0.39 is 6.09 Å². The first-order valence-electron chi connectivity index (χ1n) is 9.53. The third-order valence-corrected chi connectivity index (χ3v) is 4.76. The lowest BCUT2D eigenvalue weighted by Crippen LogP contribution is -2.23. The predicted molar refractivity (Wildman–Crippen MR) is 103 cm³/mol. The smallest absolute Gasteiger partial charge is 0.404 e. The van der Waals surface area contributed by atoms with Crippen LogP contribution in [0.25, 0.3) is 0 Å². The van der Waals surface area contributed by atoms with Crippen LogP contribution in [-0.2, 0) is 0 Å². The molecule has 1 amide bonds. The first kappa shape index (κ1) is 19.0. The van der Waals surface area contributed by atoms with Crippen LogP contribution in [0.2, 0.25) is 0 Å². The molecule has 3 rings (SSSR count). The average molecular weight is 373 g/mol. The van der Waals surface area contributed by atoms with Gasteiger partial charge in [0.2, 0.25) is 5.88 Å². The van der Waals surface area contributed by atoms with Crippen molar-refractivity contribution in [3.05, 3.63) is 30.0 Å². The fourth-order valence-corrected chi connectivity index (χ4v) is 3.38. The number of rotatable bonds is 9. The average Bonchev–Trinajstić information content (AvgIpc) is 3.30. The molecule has 2 heterocycles. The number of hydrogen-bond donors (Lipinski definition) is 4. The van der Waals surface area contributed by atoms with E-state index in [1.165, 1.54) is 31.4 Å². The molecule has 0 radical (unpaired) electrons. The molecule has 0 saturated heterocycles. The van der Waals surface area contributed by atoms with Crippen molar-refractivity contribution in [2.45, 2.75) is 57.5 Å². The topological polar surface area (TPSA) is 112 Å². The van der Waals surface area contributed by atoms with Crippen LogP contribution in [0.1, 0.15) is 57.1 Å². The van der Waals surface area contributed by atoms with Gasteiger partial charge in [-0.2, -0.15) is 10.1 Å².